The lowest BCUT2D eigenvalue weighted by Gasteiger charge is -2.24. The van der Waals surface area contributed by atoms with E-state index < -0.39 is 28.0 Å². The van der Waals surface area contributed by atoms with Crippen LogP contribution in [0.15, 0.2) is 48.5 Å². The van der Waals surface area contributed by atoms with Crippen molar-refractivity contribution in [3.8, 4) is 23.0 Å². The van der Waals surface area contributed by atoms with E-state index in [2.05, 4.69) is 0 Å². The summed E-state index contributed by atoms with van der Waals surface area (Å²) in [5.41, 5.74) is -1.15. The van der Waals surface area contributed by atoms with E-state index in [0.717, 1.165) is 6.26 Å². The fourth-order valence-electron chi connectivity index (χ4n) is 2.50. The molecule has 8 nitrogen and oxygen atoms in total. The van der Waals surface area contributed by atoms with E-state index in [9.17, 15) is 13.2 Å². The predicted octanol–water partition coefficient (Wildman–Crippen LogP) is 3.94. The summed E-state index contributed by atoms with van der Waals surface area (Å²) in [6.07, 6.45) is 0.917. The summed E-state index contributed by atoms with van der Waals surface area (Å²) in [7, 11) is -3.59. The standard InChI is InChI=1S/C22H28O8S/c1-6-20(27-16-11-13-17(14-12-16)30-31(5,24)25)28-18-9-8-10-19(15-18)29-22(3,4)21(23)26-7-2/h8-15,20H,6-7H2,1-5H3. The fraction of sp³-hybridized carbons (Fsp3) is 0.409. The zero-order valence-electron chi connectivity index (χ0n) is 18.3. The molecule has 1 unspecified atom stereocenters. The topological polar surface area (TPSA) is 97.4 Å². The second kappa shape index (κ2) is 10.4. The molecule has 0 N–H and O–H groups in total. The zero-order valence-corrected chi connectivity index (χ0v) is 19.1. The molecule has 0 saturated carbocycles. The van der Waals surface area contributed by atoms with Crippen molar-refractivity contribution in [2.75, 3.05) is 12.9 Å². The summed E-state index contributed by atoms with van der Waals surface area (Å²) in [5.74, 6) is 1.18. The van der Waals surface area contributed by atoms with Crippen LogP contribution in [0.4, 0.5) is 0 Å². The molecule has 2 aromatic carbocycles. The molecule has 2 aromatic rings. The molecular formula is C22H28O8S. The molecule has 0 spiro atoms. The van der Waals surface area contributed by atoms with E-state index in [4.69, 9.17) is 23.1 Å². The van der Waals surface area contributed by atoms with E-state index >= 15 is 0 Å². The highest BCUT2D eigenvalue weighted by atomic mass is 32.2. The van der Waals surface area contributed by atoms with Crippen LogP contribution >= 0.6 is 0 Å². The Bertz CT molecular complexity index is 967. The van der Waals surface area contributed by atoms with Crippen molar-refractivity contribution in [3.05, 3.63) is 48.5 Å². The summed E-state index contributed by atoms with van der Waals surface area (Å²) < 4.78 is 49.7. The minimum atomic E-state index is -3.59. The van der Waals surface area contributed by atoms with Crippen LogP contribution in [0.2, 0.25) is 0 Å². The molecule has 0 bridgehead atoms. The second-order valence-electron chi connectivity index (χ2n) is 7.14. The Kier molecular flexibility index (Phi) is 8.15. The first-order chi connectivity index (χ1) is 14.5. The van der Waals surface area contributed by atoms with E-state index in [1.165, 1.54) is 12.1 Å². The largest absolute Gasteiger partial charge is 0.476 e. The molecule has 1 atom stereocenters. The smallest absolute Gasteiger partial charge is 0.349 e. The lowest BCUT2D eigenvalue weighted by atomic mass is 10.1. The van der Waals surface area contributed by atoms with Gasteiger partial charge in [-0.25, -0.2) is 4.79 Å². The van der Waals surface area contributed by atoms with Gasteiger partial charge in [-0.05, 0) is 57.2 Å². The molecule has 0 aliphatic heterocycles. The molecule has 0 fully saturated rings. The lowest BCUT2D eigenvalue weighted by Crippen LogP contribution is -2.39. The molecule has 9 heteroatoms. The Morgan fingerprint density at radius 1 is 0.935 bits per heavy atom. The predicted molar refractivity (Wildman–Crippen MR) is 115 cm³/mol. The van der Waals surface area contributed by atoms with E-state index in [1.807, 2.05) is 6.92 Å². The fourth-order valence-corrected chi connectivity index (χ4v) is 2.96. The maximum Gasteiger partial charge on any atom is 0.349 e. The minimum absolute atomic E-state index is 0.192. The van der Waals surface area contributed by atoms with Gasteiger partial charge in [0.1, 0.15) is 23.0 Å². The van der Waals surface area contributed by atoms with Gasteiger partial charge in [0.25, 0.3) is 0 Å². The molecule has 31 heavy (non-hydrogen) atoms. The van der Waals surface area contributed by atoms with Crippen LogP contribution in [0.1, 0.15) is 34.1 Å². The number of carbonyl (C=O) groups excluding carboxylic acids is 1. The molecule has 0 amide bonds. The number of hydrogen-bond acceptors (Lipinski definition) is 8. The minimum Gasteiger partial charge on any atom is -0.476 e. The normalized spacial score (nSPS) is 12.5. The molecule has 0 aromatic heterocycles. The highest BCUT2D eigenvalue weighted by Crippen LogP contribution is 2.26. The second-order valence-corrected chi connectivity index (χ2v) is 8.71. The van der Waals surface area contributed by atoms with Crippen LogP contribution in [0.5, 0.6) is 23.0 Å². The third kappa shape index (κ3) is 8.01. The van der Waals surface area contributed by atoms with Crippen molar-refractivity contribution in [2.24, 2.45) is 0 Å². The maximum atomic E-state index is 12.0. The van der Waals surface area contributed by atoms with Crippen molar-refractivity contribution in [1.82, 2.24) is 0 Å². The molecule has 170 valence electrons. The highest BCUT2D eigenvalue weighted by molar-refractivity contribution is 7.86. The van der Waals surface area contributed by atoms with Gasteiger partial charge in [0, 0.05) is 12.5 Å². The van der Waals surface area contributed by atoms with Crippen molar-refractivity contribution >= 4 is 16.1 Å². The quantitative estimate of drug-likeness (QED) is 0.287. The van der Waals surface area contributed by atoms with Gasteiger partial charge in [-0.1, -0.05) is 13.0 Å². The summed E-state index contributed by atoms with van der Waals surface area (Å²) >= 11 is 0. The SMILES string of the molecule is CCOC(=O)C(C)(C)Oc1cccc(OC(CC)Oc2ccc(OS(C)(=O)=O)cc2)c1. The van der Waals surface area contributed by atoms with Gasteiger partial charge in [0.05, 0.1) is 12.9 Å². The van der Waals surface area contributed by atoms with Crippen molar-refractivity contribution in [2.45, 2.75) is 46.0 Å². The van der Waals surface area contributed by atoms with Crippen LogP contribution in [0.3, 0.4) is 0 Å². The number of rotatable bonds is 11. The van der Waals surface area contributed by atoms with Crippen LogP contribution < -0.4 is 18.4 Å². The van der Waals surface area contributed by atoms with Crippen LogP contribution in [-0.2, 0) is 19.6 Å². The van der Waals surface area contributed by atoms with Gasteiger partial charge in [-0.15, -0.1) is 0 Å². The maximum absolute atomic E-state index is 12.0. The molecule has 0 heterocycles. The number of ether oxygens (including phenoxy) is 4. The first kappa shape index (κ1) is 24.3. The molecule has 0 radical (unpaired) electrons. The Balaban J connectivity index is 2.04. The zero-order chi connectivity index (χ0) is 23.1. The van der Waals surface area contributed by atoms with Gasteiger partial charge in [-0.3, -0.25) is 0 Å². The highest BCUT2D eigenvalue weighted by Gasteiger charge is 2.31. The molecular weight excluding hydrogens is 424 g/mol. The molecule has 2 rings (SSSR count). The summed E-state index contributed by atoms with van der Waals surface area (Å²) in [6.45, 7) is 7.17. The van der Waals surface area contributed by atoms with Gasteiger partial charge in [0.15, 0.2) is 5.60 Å². The van der Waals surface area contributed by atoms with Gasteiger partial charge >= 0.3 is 16.1 Å². The Morgan fingerprint density at radius 3 is 2.10 bits per heavy atom. The van der Waals surface area contributed by atoms with Gasteiger partial charge < -0.3 is 23.1 Å². The summed E-state index contributed by atoms with van der Waals surface area (Å²) in [4.78, 5) is 12.0. The van der Waals surface area contributed by atoms with Crippen LogP contribution in [-0.4, -0.2) is 39.1 Å². The van der Waals surface area contributed by atoms with Crippen LogP contribution in [0, 0.1) is 0 Å². The number of hydrogen-bond donors (Lipinski definition) is 0. The number of benzene rings is 2. The Hall–Kier alpha value is -2.94. The van der Waals surface area contributed by atoms with E-state index in [0.29, 0.717) is 23.7 Å². The third-order valence-electron chi connectivity index (χ3n) is 3.89. The van der Waals surface area contributed by atoms with Crippen LogP contribution in [0.25, 0.3) is 0 Å². The first-order valence-corrected chi connectivity index (χ1v) is 11.6. The number of esters is 1. The molecule has 0 aliphatic carbocycles. The summed E-state index contributed by atoms with van der Waals surface area (Å²) in [6, 6.07) is 13.0. The van der Waals surface area contributed by atoms with E-state index in [-0.39, 0.29) is 12.4 Å². The third-order valence-corrected chi connectivity index (χ3v) is 4.38. The monoisotopic (exact) mass is 452 g/mol. The van der Waals surface area contributed by atoms with Gasteiger partial charge in [0.2, 0.25) is 6.29 Å². The summed E-state index contributed by atoms with van der Waals surface area (Å²) in [5, 5.41) is 0. The average Bonchev–Trinajstić information content (AvgIpc) is 2.68. The van der Waals surface area contributed by atoms with Gasteiger partial charge in [-0.2, -0.15) is 8.42 Å². The van der Waals surface area contributed by atoms with Crippen molar-refractivity contribution in [1.29, 1.82) is 0 Å². The lowest BCUT2D eigenvalue weighted by molar-refractivity contribution is -0.158. The Morgan fingerprint density at radius 2 is 1.52 bits per heavy atom. The number of carbonyl (C=O) groups is 1. The van der Waals surface area contributed by atoms with Crippen molar-refractivity contribution < 1.29 is 36.3 Å². The van der Waals surface area contributed by atoms with E-state index in [1.54, 1.807) is 57.2 Å². The Labute approximate surface area is 183 Å². The molecule has 0 aliphatic rings. The van der Waals surface area contributed by atoms with Crippen molar-refractivity contribution in [3.63, 3.8) is 0 Å². The first-order valence-electron chi connectivity index (χ1n) is 9.81. The average molecular weight is 453 g/mol. The molecule has 0 saturated heterocycles.